The van der Waals surface area contributed by atoms with E-state index in [0.29, 0.717) is 75.1 Å². The van der Waals surface area contributed by atoms with Crippen molar-refractivity contribution in [3.8, 4) is 22.6 Å². The third kappa shape index (κ3) is 5.45. The second-order valence-corrected chi connectivity index (χ2v) is 15.4. The second kappa shape index (κ2) is 12.1. The highest BCUT2D eigenvalue weighted by Gasteiger charge is 2.39. The number of nitrogens with zero attached hydrogens (tertiary/aromatic N) is 5. The molecule has 0 saturated carbocycles. The van der Waals surface area contributed by atoms with E-state index in [1.807, 2.05) is 10.5 Å². The number of carbonyl (C=O) groups is 1. The van der Waals surface area contributed by atoms with E-state index in [2.05, 4.69) is 17.1 Å². The number of nitrogens with one attached hydrogen (secondary N) is 1. The van der Waals surface area contributed by atoms with Crippen LogP contribution in [0.25, 0.3) is 61.0 Å². The fourth-order valence-electron chi connectivity index (χ4n) is 7.09. The van der Waals surface area contributed by atoms with Crippen LogP contribution in [0.2, 0.25) is 0 Å². The van der Waals surface area contributed by atoms with Crippen LogP contribution < -0.4 is 9.62 Å². The zero-order valence-corrected chi connectivity index (χ0v) is 29.8. The van der Waals surface area contributed by atoms with Crippen LogP contribution in [-0.4, -0.2) is 79.7 Å². The first-order valence-electron chi connectivity index (χ1n) is 16.5. The summed E-state index contributed by atoms with van der Waals surface area (Å²) >= 11 is 0. The molecular weight excluding hydrogens is 691 g/mol. The van der Waals surface area contributed by atoms with E-state index < -0.39 is 21.7 Å². The van der Waals surface area contributed by atoms with Gasteiger partial charge in [0.05, 0.1) is 51.9 Å². The molecule has 3 aromatic carbocycles. The van der Waals surface area contributed by atoms with Crippen LogP contribution in [-0.2, 0) is 21.3 Å². The molecule has 5 heterocycles. The summed E-state index contributed by atoms with van der Waals surface area (Å²) in [7, 11) is 0.817. The van der Waals surface area contributed by atoms with Crippen molar-refractivity contribution in [2.24, 2.45) is 0 Å². The Morgan fingerprint density at radius 3 is 2.46 bits per heavy atom. The van der Waals surface area contributed by atoms with Crippen LogP contribution in [0, 0.1) is 11.6 Å². The Morgan fingerprint density at radius 1 is 1.02 bits per heavy atom. The Balaban J connectivity index is 1.37. The van der Waals surface area contributed by atoms with Gasteiger partial charge >= 0.3 is 0 Å². The van der Waals surface area contributed by atoms with Gasteiger partial charge in [-0.1, -0.05) is 6.07 Å². The predicted octanol–water partition coefficient (Wildman–Crippen LogP) is 6.37. The molecule has 1 fully saturated rings. The van der Waals surface area contributed by atoms with Crippen molar-refractivity contribution in [3.63, 3.8) is 0 Å². The lowest BCUT2D eigenvalue weighted by Crippen LogP contribution is -2.60. The van der Waals surface area contributed by atoms with Gasteiger partial charge in [0.1, 0.15) is 34.3 Å². The zero-order valence-electron chi connectivity index (χ0n) is 29.0. The average Bonchev–Trinajstić information content (AvgIpc) is 3.69. The molecular formula is C38H34F2N6O5S. The number of aromatic nitrogens is 3. The minimum atomic E-state index is -3.79. The summed E-state index contributed by atoms with van der Waals surface area (Å²) in [5, 5.41) is 3.46. The molecule has 0 bridgehead atoms. The third-order valence-electron chi connectivity index (χ3n) is 9.87. The van der Waals surface area contributed by atoms with Crippen molar-refractivity contribution in [1.82, 2.24) is 24.6 Å². The molecule has 14 heteroatoms. The standard InChI is InChI=1S/C38H34F2N6O5S/c1-38(50-4)19-45(20-38)18-33-42-28-14-13-27(43-35(28)31-16-23-26(40)7-6-8-29(23)46(31)33)24-15-25-32(17-30(24)44(3)52(5,48)49)51-36(34(25)37(47)41-2)21-9-11-22(39)12-10-21/h6-17H,18-20H2,1-5H3,(H,41,47). The van der Waals surface area contributed by atoms with Crippen molar-refractivity contribution >= 4 is 60.0 Å². The SMILES string of the molecule is CNC(=O)c1c(-c2ccc(F)cc2)oc2cc(N(C)S(C)(=O)=O)c(-c3ccc4nc(CN5CC(C)(OC)C5)n5c6cccc(F)c6cc5c4n3)cc12. The molecule has 52 heavy (non-hydrogen) atoms. The van der Waals surface area contributed by atoms with Crippen LogP contribution in [0.15, 0.2) is 77.2 Å². The molecule has 7 aromatic rings. The van der Waals surface area contributed by atoms with Gasteiger partial charge in [-0.2, -0.15) is 0 Å². The number of methoxy groups -OCH3 is 1. The number of rotatable bonds is 8. The Morgan fingerprint density at radius 2 is 1.77 bits per heavy atom. The van der Waals surface area contributed by atoms with Gasteiger partial charge in [-0.15, -0.1) is 0 Å². The maximum atomic E-state index is 15.3. The van der Waals surface area contributed by atoms with Crippen LogP contribution in [0.3, 0.4) is 0 Å². The quantitative estimate of drug-likeness (QED) is 0.192. The van der Waals surface area contributed by atoms with Crippen LogP contribution in [0.1, 0.15) is 23.1 Å². The summed E-state index contributed by atoms with van der Waals surface area (Å²) in [6, 6.07) is 19.0. The first-order valence-corrected chi connectivity index (χ1v) is 18.3. The predicted molar refractivity (Wildman–Crippen MR) is 196 cm³/mol. The number of halogens is 2. The second-order valence-electron chi connectivity index (χ2n) is 13.4. The van der Waals surface area contributed by atoms with Gasteiger partial charge < -0.3 is 14.5 Å². The Kier molecular flexibility index (Phi) is 7.82. The number of fused-ring (bicyclic) bond motifs is 6. The van der Waals surface area contributed by atoms with E-state index in [1.165, 1.54) is 44.4 Å². The van der Waals surface area contributed by atoms with Crippen LogP contribution in [0.4, 0.5) is 14.5 Å². The van der Waals surface area contributed by atoms with E-state index in [1.54, 1.807) is 43.5 Å². The van der Waals surface area contributed by atoms with E-state index in [4.69, 9.17) is 19.1 Å². The summed E-state index contributed by atoms with van der Waals surface area (Å²) < 4.78 is 70.0. The van der Waals surface area contributed by atoms with Gasteiger partial charge in [-0.3, -0.25) is 18.4 Å². The molecule has 0 spiro atoms. The Hall–Kier alpha value is -5.44. The summed E-state index contributed by atoms with van der Waals surface area (Å²) in [6.45, 7) is 3.97. The molecule has 0 unspecified atom stereocenters. The average molecular weight is 725 g/mol. The summed E-state index contributed by atoms with van der Waals surface area (Å²) in [6.07, 6.45) is 1.08. The largest absolute Gasteiger partial charge is 0.455 e. The summed E-state index contributed by atoms with van der Waals surface area (Å²) in [5.74, 6) is -0.385. The first-order chi connectivity index (χ1) is 24.8. The van der Waals surface area contributed by atoms with Crippen molar-refractivity contribution in [2.45, 2.75) is 19.1 Å². The minimum absolute atomic E-state index is 0.192. The van der Waals surface area contributed by atoms with E-state index in [-0.39, 0.29) is 34.0 Å². The number of hydrogen-bond donors (Lipinski definition) is 1. The highest BCUT2D eigenvalue weighted by Crippen LogP contribution is 2.42. The van der Waals surface area contributed by atoms with Gasteiger partial charge in [-0.05, 0) is 67.6 Å². The monoisotopic (exact) mass is 724 g/mol. The lowest BCUT2D eigenvalue weighted by Gasteiger charge is -2.46. The number of amides is 1. The third-order valence-corrected chi connectivity index (χ3v) is 11.1. The number of anilines is 1. The molecule has 1 aliphatic rings. The van der Waals surface area contributed by atoms with Crippen molar-refractivity contribution in [1.29, 1.82) is 0 Å². The zero-order chi connectivity index (χ0) is 36.7. The molecule has 0 atom stereocenters. The number of carbonyl (C=O) groups excluding carboxylic acids is 1. The molecule has 0 aliphatic carbocycles. The molecule has 11 nitrogen and oxygen atoms in total. The number of sulfonamides is 1. The van der Waals surface area contributed by atoms with Crippen LogP contribution >= 0.6 is 0 Å². The van der Waals surface area contributed by atoms with E-state index in [9.17, 15) is 17.6 Å². The molecule has 0 radical (unpaired) electrons. The first kappa shape index (κ1) is 33.7. The summed E-state index contributed by atoms with van der Waals surface area (Å²) in [5.41, 5.74) is 3.97. The van der Waals surface area contributed by atoms with Gasteiger partial charge in [-0.25, -0.2) is 27.2 Å². The fraction of sp³-hybridized carbons (Fsp3) is 0.237. The molecule has 1 amide bonds. The van der Waals surface area contributed by atoms with Gasteiger partial charge in [0, 0.05) is 62.3 Å². The number of hydrogen-bond acceptors (Lipinski definition) is 8. The number of furan rings is 1. The van der Waals surface area contributed by atoms with Gasteiger partial charge in [0.2, 0.25) is 10.0 Å². The molecule has 8 rings (SSSR count). The van der Waals surface area contributed by atoms with Crippen molar-refractivity contribution in [2.75, 3.05) is 44.9 Å². The topological polar surface area (TPSA) is 122 Å². The Bertz CT molecular complexity index is 2700. The van der Waals surface area contributed by atoms with Crippen molar-refractivity contribution in [3.05, 3.63) is 95.8 Å². The van der Waals surface area contributed by atoms with Gasteiger partial charge in [0.25, 0.3) is 5.91 Å². The lowest BCUT2D eigenvalue weighted by molar-refractivity contribution is -0.115. The fourth-order valence-corrected chi connectivity index (χ4v) is 7.60. The lowest BCUT2D eigenvalue weighted by atomic mass is 9.96. The van der Waals surface area contributed by atoms with Gasteiger partial charge in [0.15, 0.2) is 0 Å². The van der Waals surface area contributed by atoms with Crippen LogP contribution in [0.5, 0.6) is 0 Å². The minimum Gasteiger partial charge on any atom is -0.455 e. The van der Waals surface area contributed by atoms with Crippen molar-refractivity contribution < 1.29 is 31.1 Å². The number of benzene rings is 3. The maximum Gasteiger partial charge on any atom is 0.255 e. The maximum absolute atomic E-state index is 15.3. The molecule has 1 N–H and O–H groups in total. The molecule has 266 valence electrons. The normalized spacial score (nSPS) is 14.8. The Labute approximate surface area is 297 Å². The highest BCUT2D eigenvalue weighted by molar-refractivity contribution is 7.92. The number of pyridine rings is 1. The smallest absolute Gasteiger partial charge is 0.255 e. The molecule has 1 aliphatic heterocycles. The molecule has 4 aromatic heterocycles. The summed E-state index contributed by atoms with van der Waals surface area (Å²) in [4.78, 5) is 25.7. The molecule has 1 saturated heterocycles. The highest BCUT2D eigenvalue weighted by atomic mass is 32.2. The number of ether oxygens (including phenoxy) is 1. The van der Waals surface area contributed by atoms with E-state index >= 15 is 4.39 Å². The number of likely N-dealkylation sites (tertiary alicyclic amines) is 1. The van der Waals surface area contributed by atoms with E-state index in [0.717, 1.165) is 10.6 Å².